The van der Waals surface area contributed by atoms with Crippen molar-refractivity contribution in [2.45, 2.75) is 46.5 Å². The van der Waals surface area contributed by atoms with Gasteiger partial charge in [0.1, 0.15) is 0 Å². The van der Waals surface area contributed by atoms with E-state index in [9.17, 15) is 17.6 Å². The zero-order chi connectivity index (χ0) is 19.8. The number of hydrogen-bond donors (Lipinski definition) is 0. The van der Waals surface area contributed by atoms with E-state index >= 15 is 0 Å². The molecule has 9 heteroatoms. The van der Waals surface area contributed by atoms with Gasteiger partial charge in [-0.3, -0.25) is 0 Å². The van der Waals surface area contributed by atoms with Gasteiger partial charge in [0.25, 0.3) is 0 Å². The molecule has 2 aromatic rings. The Hall–Kier alpha value is -1.23. The van der Waals surface area contributed by atoms with Gasteiger partial charge in [0.05, 0.1) is 0 Å². The Morgan fingerprint density at radius 2 is 1.85 bits per heavy atom. The van der Waals surface area contributed by atoms with Crippen LogP contribution in [0.4, 0.5) is 17.6 Å². The normalized spacial score (nSPS) is 16.6. The summed E-state index contributed by atoms with van der Waals surface area (Å²) in [5, 5.41) is 7.03. The summed E-state index contributed by atoms with van der Waals surface area (Å²) in [6.45, 7) is 7.22. The summed E-state index contributed by atoms with van der Waals surface area (Å²) >= 11 is -0.356. The summed E-state index contributed by atoms with van der Waals surface area (Å²) < 4.78 is 57.1. The number of hydrogen-bond acceptors (Lipinski definition) is 3. The van der Waals surface area contributed by atoms with Gasteiger partial charge in [-0.1, -0.05) is 0 Å². The second kappa shape index (κ2) is 8.02. The molecule has 0 fully saturated rings. The molecule has 0 saturated carbocycles. The second-order valence-corrected chi connectivity index (χ2v) is 9.97. The van der Waals surface area contributed by atoms with Gasteiger partial charge in [0.15, 0.2) is 0 Å². The van der Waals surface area contributed by atoms with Gasteiger partial charge < -0.3 is 0 Å². The van der Waals surface area contributed by atoms with Gasteiger partial charge in [0, 0.05) is 0 Å². The van der Waals surface area contributed by atoms with Gasteiger partial charge in [-0.15, -0.1) is 0 Å². The summed E-state index contributed by atoms with van der Waals surface area (Å²) in [6.07, 6.45) is -3.79. The molecule has 27 heavy (non-hydrogen) atoms. The molecule has 1 atom stereocenters. The summed E-state index contributed by atoms with van der Waals surface area (Å²) in [5.74, 6) is -0.371. The van der Waals surface area contributed by atoms with E-state index in [1.54, 1.807) is 6.07 Å². The molecule has 0 N–H and O–H groups in total. The van der Waals surface area contributed by atoms with Crippen molar-refractivity contribution in [2.75, 3.05) is 11.0 Å². The fraction of sp³-hybridized carbons (Fsp3) is 0.556. The molecule has 1 aromatic carbocycles. The van der Waals surface area contributed by atoms with E-state index < -0.39 is 12.0 Å². The molecule has 3 rings (SSSR count). The zero-order valence-electron chi connectivity index (χ0n) is 15.4. The molecule has 0 unspecified atom stereocenters. The standard InChI is InChI=1S/C18H22F4IN4/c1-11(6-14-7-12(2)13(3)8-15(14)19)9-23-26-4-5-27-16(10-26)24-25-17(27)18(20,21)22/h7-8,11H,4-6,9-10H2,1-3H3/q-1/t11-/m1/s1. The van der Waals surface area contributed by atoms with Crippen LogP contribution in [-0.2, 0) is 25.7 Å². The molecular weight excluding hydrogens is 475 g/mol. The third-order valence-electron chi connectivity index (χ3n) is 4.69. The molecule has 2 heterocycles. The van der Waals surface area contributed by atoms with Crippen LogP contribution in [-0.4, -0.2) is 28.9 Å². The first-order valence-electron chi connectivity index (χ1n) is 8.74. The third-order valence-corrected chi connectivity index (χ3v) is 8.38. The van der Waals surface area contributed by atoms with Gasteiger partial charge in [-0.25, -0.2) is 0 Å². The predicted octanol–water partition coefficient (Wildman–Crippen LogP) is 0.751. The van der Waals surface area contributed by atoms with Crippen molar-refractivity contribution in [3.63, 3.8) is 0 Å². The van der Waals surface area contributed by atoms with Crippen molar-refractivity contribution in [2.24, 2.45) is 5.92 Å². The third kappa shape index (κ3) is 4.79. The molecular formula is C18H22F4IN4-. The minimum atomic E-state index is -4.47. The molecule has 150 valence electrons. The SMILES string of the molecule is Cc1cc(F)c(C[C@@H](C)C[I-]N2CCn3c(nnc3C(F)(F)F)C2)cc1C. The first kappa shape index (κ1) is 20.5. The molecule has 1 aromatic heterocycles. The van der Waals surface area contributed by atoms with E-state index in [0.717, 1.165) is 21.1 Å². The number of nitrogens with zero attached hydrogens (tertiary/aromatic N) is 4. The number of benzene rings is 1. The predicted molar refractivity (Wildman–Crippen MR) is 89.0 cm³/mol. The van der Waals surface area contributed by atoms with Crippen LogP contribution in [0.25, 0.3) is 0 Å². The van der Waals surface area contributed by atoms with Gasteiger partial charge in [-0.05, 0) is 0 Å². The number of fused-ring (bicyclic) bond motifs is 1. The Morgan fingerprint density at radius 1 is 1.15 bits per heavy atom. The van der Waals surface area contributed by atoms with E-state index in [0.29, 0.717) is 31.3 Å². The molecule has 0 amide bonds. The summed E-state index contributed by atoms with van der Waals surface area (Å²) in [6, 6.07) is 3.50. The van der Waals surface area contributed by atoms with Crippen LogP contribution in [0.3, 0.4) is 0 Å². The quantitative estimate of drug-likeness (QED) is 0.265. The first-order chi connectivity index (χ1) is 12.6. The average molecular weight is 497 g/mol. The van der Waals surface area contributed by atoms with Crippen molar-refractivity contribution in [3.05, 3.63) is 46.3 Å². The fourth-order valence-corrected chi connectivity index (χ4v) is 5.73. The average Bonchev–Trinajstić information content (AvgIpc) is 3.01. The van der Waals surface area contributed by atoms with E-state index in [1.165, 1.54) is 4.57 Å². The second-order valence-electron chi connectivity index (χ2n) is 7.04. The Bertz CT molecular complexity index is 818. The van der Waals surface area contributed by atoms with Crippen LogP contribution in [0.1, 0.15) is 35.3 Å². The monoisotopic (exact) mass is 497 g/mol. The molecule has 0 spiro atoms. The van der Waals surface area contributed by atoms with Gasteiger partial charge in [0.2, 0.25) is 0 Å². The summed E-state index contributed by atoms with van der Waals surface area (Å²) in [5.41, 5.74) is 2.78. The van der Waals surface area contributed by atoms with E-state index in [-0.39, 0.29) is 33.8 Å². The van der Waals surface area contributed by atoms with E-state index in [2.05, 4.69) is 20.2 Å². The Balaban J connectivity index is 1.55. The Morgan fingerprint density at radius 3 is 2.56 bits per heavy atom. The fourth-order valence-electron chi connectivity index (χ4n) is 3.08. The van der Waals surface area contributed by atoms with Crippen molar-refractivity contribution in [3.8, 4) is 0 Å². The molecule has 1 aliphatic heterocycles. The Kier molecular flexibility index (Phi) is 6.09. The van der Waals surface area contributed by atoms with Crippen LogP contribution in [0.5, 0.6) is 0 Å². The number of rotatable bonds is 5. The minimum absolute atomic E-state index is 0.158. The number of alkyl halides is 4. The molecule has 1 aliphatic rings. The van der Waals surface area contributed by atoms with Crippen LogP contribution in [0.2, 0.25) is 0 Å². The zero-order valence-corrected chi connectivity index (χ0v) is 17.6. The number of aryl methyl sites for hydroxylation is 2. The molecule has 0 radical (unpaired) electrons. The molecule has 0 saturated heterocycles. The molecule has 4 nitrogen and oxygen atoms in total. The number of halogens is 5. The first-order valence-corrected chi connectivity index (χ1v) is 11.2. The number of aromatic nitrogens is 3. The Labute approximate surface area is 166 Å². The van der Waals surface area contributed by atoms with Crippen molar-refractivity contribution in [1.29, 1.82) is 0 Å². The van der Waals surface area contributed by atoms with Crippen LogP contribution in [0.15, 0.2) is 12.1 Å². The van der Waals surface area contributed by atoms with Crippen molar-refractivity contribution < 1.29 is 39.0 Å². The van der Waals surface area contributed by atoms with E-state index in [1.807, 2.05) is 19.9 Å². The van der Waals surface area contributed by atoms with Crippen LogP contribution >= 0.6 is 0 Å². The van der Waals surface area contributed by atoms with Crippen LogP contribution in [0, 0.1) is 25.6 Å². The maximum atomic E-state index is 14.1. The van der Waals surface area contributed by atoms with Crippen molar-refractivity contribution in [1.82, 2.24) is 17.9 Å². The van der Waals surface area contributed by atoms with Crippen LogP contribution < -0.4 is 21.5 Å². The summed E-state index contributed by atoms with van der Waals surface area (Å²) in [7, 11) is 0. The van der Waals surface area contributed by atoms with Crippen molar-refractivity contribution >= 4 is 0 Å². The topological polar surface area (TPSA) is 34.0 Å². The van der Waals surface area contributed by atoms with E-state index in [4.69, 9.17) is 0 Å². The molecule has 0 aliphatic carbocycles. The summed E-state index contributed by atoms with van der Waals surface area (Å²) in [4.78, 5) is 0. The maximum absolute atomic E-state index is 14.1. The van der Waals surface area contributed by atoms with Gasteiger partial charge in [-0.2, -0.15) is 0 Å². The van der Waals surface area contributed by atoms with Gasteiger partial charge >= 0.3 is 167 Å². The molecule has 0 bridgehead atoms.